The number of benzene rings is 3. The number of aryl methyl sites for hydroxylation is 2. The Bertz CT molecular complexity index is 947. The van der Waals surface area contributed by atoms with E-state index in [4.69, 9.17) is 0 Å². The lowest BCUT2D eigenvalue weighted by atomic mass is 9.87. The smallest absolute Gasteiger partial charge is 0.251 e. The van der Waals surface area contributed by atoms with Crippen molar-refractivity contribution in [1.82, 2.24) is 5.32 Å². The summed E-state index contributed by atoms with van der Waals surface area (Å²) in [4.78, 5) is 14.0. The predicted molar refractivity (Wildman–Crippen MR) is 117 cm³/mol. The minimum Gasteiger partial charge on any atom is -0.345 e. The van der Waals surface area contributed by atoms with E-state index in [1.165, 1.54) is 27.1 Å². The zero-order valence-corrected chi connectivity index (χ0v) is 17.0. The molecule has 1 N–H and O–H groups in total. The maximum atomic E-state index is 12.7. The lowest BCUT2D eigenvalue weighted by Gasteiger charge is -2.26. The van der Waals surface area contributed by atoms with E-state index in [0.717, 1.165) is 30.6 Å². The Labute approximate surface area is 171 Å². The fourth-order valence-corrected chi connectivity index (χ4v) is 4.55. The van der Waals surface area contributed by atoms with Crippen LogP contribution in [-0.2, 0) is 12.2 Å². The van der Waals surface area contributed by atoms with Crippen LogP contribution in [0.25, 0.3) is 0 Å². The molecule has 2 nitrogen and oxygen atoms in total. The van der Waals surface area contributed by atoms with Gasteiger partial charge in [0.15, 0.2) is 0 Å². The summed E-state index contributed by atoms with van der Waals surface area (Å²) in [6, 6.07) is 25.2. The van der Waals surface area contributed by atoms with Crippen molar-refractivity contribution < 1.29 is 4.79 Å². The molecule has 0 saturated carbocycles. The van der Waals surface area contributed by atoms with Crippen molar-refractivity contribution in [3.63, 3.8) is 0 Å². The van der Waals surface area contributed by atoms with Gasteiger partial charge in [0.05, 0.1) is 6.04 Å². The van der Waals surface area contributed by atoms with Crippen molar-refractivity contribution in [1.29, 1.82) is 0 Å². The second kappa shape index (κ2) is 8.66. The number of hydrogen-bond acceptors (Lipinski definition) is 2. The van der Waals surface area contributed by atoms with Gasteiger partial charge in [0.1, 0.15) is 0 Å². The summed E-state index contributed by atoms with van der Waals surface area (Å²) in [5.41, 5.74) is 5.87. The molecule has 0 saturated heterocycles. The van der Waals surface area contributed by atoms with Crippen molar-refractivity contribution in [2.24, 2.45) is 0 Å². The Balaban J connectivity index is 1.37. The van der Waals surface area contributed by atoms with Crippen LogP contribution in [0, 0.1) is 6.92 Å². The number of carbonyl (C=O) groups is 1. The minimum atomic E-state index is 0.0134. The van der Waals surface area contributed by atoms with Crippen LogP contribution >= 0.6 is 11.8 Å². The fourth-order valence-electron chi connectivity index (χ4n) is 3.70. The quantitative estimate of drug-likeness (QED) is 0.536. The number of fused-ring (bicyclic) bond motifs is 1. The van der Waals surface area contributed by atoms with Crippen LogP contribution in [0.5, 0.6) is 0 Å². The first-order chi connectivity index (χ1) is 13.7. The van der Waals surface area contributed by atoms with Gasteiger partial charge in [-0.15, -0.1) is 11.8 Å². The molecule has 142 valence electrons. The molecule has 1 amide bonds. The molecule has 1 aliphatic rings. The second-order valence-corrected chi connectivity index (χ2v) is 8.46. The third-order valence-electron chi connectivity index (χ3n) is 5.32. The van der Waals surface area contributed by atoms with Gasteiger partial charge in [0.2, 0.25) is 0 Å². The number of nitrogens with one attached hydrogen (secondary N) is 1. The summed E-state index contributed by atoms with van der Waals surface area (Å²) < 4.78 is 0. The Morgan fingerprint density at radius 3 is 2.54 bits per heavy atom. The zero-order valence-electron chi connectivity index (χ0n) is 16.2. The van der Waals surface area contributed by atoms with Crippen molar-refractivity contribution in [3.05, 3.63) is 101 Å². The third-order valence-corrected chi connectivity index (χ3v) is 6.40. The highest BCUT2D eigenvalue weighted by Crippen LogP contribution is 2.30. The van der Waals surface area contributed by atoms with Crippen molar-refractivity contribution >= 4 is 17.7 Å². The van der Waals surface area contributed by atoms with Gasteiger partial charge in [-0.25, -0.2) is 0 Å². The topological polar surface area (TPSA) is 29.1 Å². The summed E-state index contributed by atoms with van der Waals surface area (Å²) in [6.07, 6.45) is 3.24. The molecule has 0 aromatic heterocycles. The van der Waals surface area contributed by atoms with Crippen LogP contribution in [-0.4, -0.2) is 5.91 Å². The maximum absolute atomic E-state index is 12.7. The predicted octanol–water partition coefficient (Wildman–Crippen LogP) is 6.09. The average Bonchev–Trinajstić information content (AvgIpc) is 2.74. The zero-order chi connectivity index (χ0) is 19.3. The third kappa shape index (κ3) is 4.48. The average molecular weight is 388 g/mol. The molecular formula is C25H25NOS. The Hall–Kier alpha value is -2.52. The number of hydrogen-bond donors (Lipinski definition) is 1. The van der Waals surface area contributed by atoms with Gasteiger partial charge in [-0.2, -0.15) is 0 Å². The molecule has 3 heteroatoms. The standard InChI is InChI=1S/C25H25NOS/c1-18-9-15-22(16-10-18)28-17-19-11-13-21(14-12-19)25(27)26-24-8-4-6-20-5-2-3-7-23(20)24/h2-3,5,7,9-16,24H,4,6,8,17H2,1H3,(H,26,27). The summed E-state index contributed by atoms with van der Waals surface area (Å²) >= 11 is 1.82. The first kappa shape index (κ1) is 18.8. The van der Waals surface area contributed by atoms with Crippen LogP contribution in [0.4, 0.5) is 0 Å². The van der Waals surface area contributed by atoms with Crippen molar-refractivity contribution in [2.75, 3.05) is 0 Å². The largest absolute Gasteiger partial charge is 0.345 e. The molecule has 4 rings (SSSR count). The van der Waals surface area contributed by atoms with Crippen molar-refractivity contribution in [3.8, 4) is 0 Å². The fraction of sp³-hybridized carbons (Fsp3) is 0.240. The molecule has 0 aliphatic heterocycles. The molecule has 3 aromatic carbocycles. The van der Waals surface area contributed by atoms with Gasteiger partial charge in [0, 0.05) is 16.2 Å². The maximum Gasteiger partial charge on any atom is 0.251 e. The second-order valence-electron chi connectivity index (χ2n) is 7.42. The van der Waals surface area contributed by atoms with E-state index in [2.05, 4.69) is 72.9 Å². The van der Waals surface area contributed by atoms with Crippen LogP contribution < -0.4 is 5.32 Å². The van der Waals surface area contributed by atoms with Gasteiger partial charge in [-0.05, 0) is 67.1 Å². The first-order valence-electron chi connectivity index (χ1n) is 9.86. The van der Waals surface area contributed by atoms with E-state index in [1.807, 2.05) is 23.9 Å². The highest BCUT2D eigenvalue weighted by Gasteiger charge is 2.21. The summed E-state index contributed by atoms with van der Waals surface area (Å²) in [7, 11) is 0. The molecular weight excluding hydrogens is 362 g/mol. The first-order valence-corrected chi connectivity index (χ1v) is 10.8. The van der Waals surface area contributed by atoms with Gasteiger partial charge in [-0.1, -0.05) is 54.1 Å². The van der Waals surface area contributed by atoms with Gasteiger partial charge >= 0.3 is 0 Å². The van der Waals surface area contributed by atoms with Gasteiger partial charge < -0.3 is 5.32 Å². The van der Waals surface area contributed by atoms with Gasteiger partial charge in [-0.3, -0.25) is 4.79 Å². The molecule has 1 atom stereocenters. The Morgan fingerprint density at radius 1 is 1.00 bits per heavy atom. The number of thioether (sulfide) groups is 1. The van der Waals surface area contributed by atoms with Crippen LogP contribution in [0.1, 0.15) is 51.5 Å². The lowest BCUT2D eigenvalue weighted by Crippen LogP contribution is -2.30. The van der Waals surface area contributed by atoms with Crippen molar-refractivity contribution in [2.45, 2.75) is 42.9 Å². The number of carbonyl (C=O) groups excluding carboxylic acids is 1. The van der Waals surface area contributed by atoms with E-state index >= 15 is 0 Å². The van der Waals surface area contributed by atoms with E-state index < -0.39 is 0 Å². The summed E-state index contributed by atoms with van der Waals surface area (Å²) in [5.74, 6) is 0.917. The normalized spacial score (nSPS) is 15.7. The molecule has 1 aliphatic carbocycles. The Morgan fingerprint density at radius 2 is 1.75 bits per heavy atom. The molecule has 1 unspecified atom stereocenters. The van der Waals surface area contributed by atoms with Gasteiger partial charge in [0.25, 0.3) is 5.91 Å². The number of amides is 1. The van der Waals surface area contributed by atoms with Crippen LogP contribution in [0.3, 0.4) is 0 Å². The summed E-state index contributed by atoms with van der Waals surface area (Å²) in [5, 5.41) is 3.23. The highest BCUT2D eigenvalue weighted by molar-refractivity contribution is 7.98. The molecule has 3 aromatic rings. The Kier molecular flexibility index (Phi) is 5.82. The van der Waals surface area contributed by atoms with E-state index in [-0.39, 0.29) is 11.9 Å². The van der Waals surface area contributed by atoms with E-state index in [9.17, 15) is 4.79 Å². The molecule has 0 spiro atoms. The van der Waals surface area contributed by atoms with E-state index in [0.29, 0.717) is 0 Å². The minimum absolute atomic E-state index is 0.0134. The molecule has 0 bridgehead atoms. The van der Waals surface area contributed by atoms with E-state index in [1.54, 1.807) is 0 Å². The van der Waals surface area contributed by atoms with Crippen LogP contribution in [0.2, 0.25) is 0 Å². The summed E-state index contributed by atoms with van der Waals surface area (Å²) in [6.45, 7) is 2.10. The SMILES string of the molecule is Cc1ccc(SCc2ccc(C(=O)NC3CCCc4ccccc43)cc2)cc1. The lowest BCUT2D eigenvalue weighted by molar-refractivity contribution is 0.0932. The monoisotopic (exact) mass is 387 g/mol. The van der Waals surface area contributed by atoms with Crippen LogP contribution in [0.15, 0.2) is 77.7 Å². The molecule has 28 heavy (non-hydrogen) atoms. The highest BCUT2D eigenvalue weighted by atomic mass is 32.2. The molecule has 0 heterocycles. The number of rotatable bonds is 5. The molecule has 0 radical (unpaired) electrons. The molecule has 0 fully saturated rings.